The Hall–Kier alpha value is -3.51. The molecular weight excluding hydrogens is 472 g/mol. The largest absolute Gasteiger partial charge is 0.361 e. The maximum Gasteiger partial charge on any atom is 0.276 e. The van der Waals surface area contributed by atoms with Crippen molar-refractivity contribution in [3.63, 3.8) is 0 Å². The predicted octanol–water partition coefficient (Wildman–Crippen LogP) is 1.27. The Morgan fingerprint density at radius 1 is 1.11 bits per heavy atom. The lowest BCUT2D eigenvalue weighted by atomic mass is 10.1. The lowest BCUT2D eigenvalue weighted by molar-refractivity contribution is -0.121. The molecule has 1 aliphatic heterocycles. The molecule has 12 heteroatoms. The lowest BCUT2D eigenvalue weighted by Crippen LogP contribution is -2.39. The second-order valence-electron chi connectivity index (χ2n) is 8.23. The van der Waals surface area contributed by atoms with E-state index in [1.807, 2.05) is 0 Å². The number of aromatic nitrogens is 3. The van der Waals surface area contributed by atoms with E-state index >= 15 is 0 Å². The molecule has 0 aliphatic carbocycles. The Balaban J connectivity index is 1.53. The van der Waals surface area contributed by atoms with Crippen molar-refractivity contribution >= 4 is 21.8 Å². The number of benzene rings is 1. The summed E-state index contributed by atoms with van der Waals surface area (Å²) in [6, 6.07) is 9.92. The summed E-state index contributed by atoms with van der Waals surface area (Å²) in [5.41, 5.74) is 0.818. The highest BCUT2D eigenvalue weighted by atomic mass is 32.2. The molecular formula is C23H28N6O5S. The van der Waals surface area contributed by atoms with Crippen molar-refractivity contribution in [1.29, 1.82) is 0 Å². The fourth-order valence-corrected chi connectivity index (χ4v) is 5.44. The summed E-state index contributed by atoms with van der Waals surface area (Å²) in [5, 5.41) is 10.9. The Morgan fingerprint density at radius 3 is 2.66 bits per heavy atom. The van der Waals surface area contributed by atoms with E-state index in [1.165, 1.54) is 16.4 Å². The maximum atomic E-state index is 13.4. The van der Waals surface area contributed by atoms with E-state index < -0.39 is 10.0 Å². The molecule has 1 aromatic carbocycles. The van der Waals surface area contributed by atoms with Gasteiger partial charge in [0.1, 0.15) is 5.76 Å². The number of amides is 2. The third-order valence-corrected chi connectivity index (χ3v) is 7.78. The maximum absolute atomic E-state index is 13.4. The van der Waals surface area contributed by atoms with E-state index in [9.17, 15) is 18.0 Å². The van der Waals surface area contributed by atoms with E-state index in [4.69, 9.17) is 4.52 Å². The van der Waals surface area contributed by atoms with Crippen molar-refractivity contribution in [3.05, 3.63) is 65.8 Å². The molecule has 3 aromatic rings. The predicted molar refractivity (Wildman–Crippen MR) is 126 cm³/mol. The lowest BCUT2D eigenvalue weighted by Gasteiger charge is -2.24. The van der Waals surface area contributed by atoms with Crippen molar-refractivity contribution in [2.24, 2.45) is 0 Å². The second kappa shape index (κ2) is 10.8. The standard InChI is InChI=1S/C23H28N6O5S/c1-18-20(17-28-13-5-10-25-28)22(26-34-18)23(31)27-12-6-14-29(15-9-21(30)24-11-16-27)35(32,33)19-7-3-2-4-8-19/h2-5,7-8,10,13H,6,9,11-12,14-17H2,1H3,(H,24,30). The molecule has 11 nitrogen and oxygen atoms in total. The van der Waals surface area contributed by atoms with Crippen LogP contribution in [-0.2, 0) is 21.4 Å². The highest BCUT2D eigenvalue weighted by Crippen LogP contribution is 2.19. The number of carbonyl (C=O) groups is 2. The monoisotopic (exact) mass is 500 g/mol. The summed E-state index contributed by atoms with van der Waals surface area (Å²) < 4.78 is 34.6. The number of carbonyl (C=O) groups excluding carboxylic acids is 2. The number of aryl methyl sites for hydroxylation is 1. The molecule has 0 atom stereocenters. The average molecular weight is 501 g/mol. The minimum atomic E-state index is -3.77. The first-order valence-corrected chi connectivity index (χ1v) is 12.8. The van der Waals surface area contributed by atoms with Gasteiger partial charge in [-0.2, -0.15) is 9.40 Å². The Morgan fingerprint density at radius 2 is 1.91 bits per heavy atom. The summed E-state index contributed by atoms with van der Waals surface area (Å²) in [5.74, 6) is -0.0886. The van der Waals surface area contributed by atoms with Crippen LogP contribution in [0.4, 0.5) is 0 Å². The van der Waals surface area contributed by atoms with Gasteiger partial charge in [0.25, 0.3) is 5.91 Å². The second-order valence-corrected chi connectivity index (χ2v) is 10.2. The highest BCUT2D eigenvalue weighted by molar-refractivity contribution is 7.89. The van der Waals surface area contributed by atoms with Gasteiger partial charge in [-0.05, 0) is 31.5 Å². The fourth-order valence-electron chi connectivity index (χ4n) is 3.94. The molecule has 1 N–H and O–H groups in total. The van der Waals surface area contributed by atoms with E-state index in [0.717, 1.165) is 0 Å². The van der Waals surface area contributed by atoms with E-state index in [2.05, 4.69) is 15.6 Å². The first-order valence-electron chi connectivity index (χ1n) is 11.4. The molecule has 2 aromatic heterocycles. The molecule has 186 valence electrons. The van der Waals surface area contributed by atoms with Gasteiger partial charge >= 0.3 is 0 Å². The molecule has 35 heavy (non-hydrogen) atoms. The molecule has 2 amide bonds. The van der Waals surface area contributed by atoms with Crippen molar-refractivity contribution in [1.82, 2.24) is 29.5 Å². The first-order chi connectivity index (χ1) is 16.9. The molecule has 0 spiro atoms. The molecule has 0 bridgehead atoms. The van der Waals surface area contributed by atoms with Crippen LogP contribution in [0.25, 0.3) is 0 Å². The summed E-state index contributed by atoms with van der Waals surface area (Å²) in [6.45, 7) is 3.12. The van der Waals surface area contributed by atoms with Crippen LogP contribution < -0.4 is 5.32 Å². The van der Waals surface area contributed by atoms with Gasteiger partial charge in [0, 0.05) is 57.1 Å². The van der Waals surface area contributed by atoms with Gasteiger partial charge in [0.2, 0.25) is 15.9 Å². The Kier molecular flexibility index (Phi) is 7.61. The van der Waals surface area contributed by atoms with Crippen LogP contribution in [0, 0.1) is 6.92 Å². The van der Waals surface area contributed by atoms with Crippen LogP contribution >= 0.6 is 0 Å². The number of rotatable bonds is 5. The van der Waals surface area contributed by atoms with Gasteiger partial charge in [-0.1, -0.05) is 23.4 Å². The molecule has 1 saturated heterocycles. The van der Waals surface area contributed by atoms with Crippen LogP contribution in [0.5, 0.6) is 0 Å². The number of hydrogen-bond donors (Lipinski definition) is 1. The van der Waals surface area contributed by atoms with Crippen molar-refractivity contribution in [2.75, 3.05) is 32.7 Å². The zero-order valence-corrected chi connectivity index (χ0v) is 20.3. The molecule has 3 heterocycles. The Bertz CT molecular complexity index is 1260. The van der Waals surface area contributed by atoms with Crippen molar-refractivity contribution in [3.8, 4) is 0 Å². The topological polar surface area (TPSA) is 131 Å². The van der Waals surface area contributed by atoms with Gasteiger partial charge in [-0.3, -0.25) is 14.3 Å². The van der Waals surface area contributed by atoms with Crippen LogP contribution in [-0.4, -0.2) is 77.1 Å². The van der Waals surface area contributed by atoms with Crippen molar-refractivity contribution < 1.29 is 22.5 Å². The third kappa shape index (κ3) is 5.77. The van der Waals surface area contributed by atoms with E-state index in [0.29, 0.717) is 30.8 Å². The molecule has 0 saturated carbocycles. The molecule has 1 fully saturated rings. The minimum Gasteiger partial charge on any atom is -0.361 e. The van der Waals surface area contributed by atoms with Gasteiger partial charge in [-0.15, -0.1) is 0 Å². The zero-order valence-electron chi connectivity index (χ0n) is 19.5. The Labute approximate surface area is 203 Å². The fraction of sp³-hybridized carbons (Fsp3) is 0.391. The molecule has 1 aliphatic rings. The van der Waals surface area contributed by atoms with Crippen LogP contribution in [0.1, 0.15) is 34.7 Å². The number of nitrogens with one attached hydrogen (secondary N) is 1. The number of sulfonamides is 1. The normalized spacial score (nSPS) is 16.5. The summed E-state index contributed by atoms with van der Waals surface area (Å²) >= 11 is 0. The van der Waals surface area contributed by atoms with Gasteiger partial charge in [0.15, 0.2) is 5.69 Å². The highest BCUT2D eigenvalue weighted by Gasteiger charge is 2.28. The zero-order chi connectivity index (χ0) is 24.8. The molecule has 0 radical (unpaired) electrons. The van der Waals surface area contributed by atoms with E-state index in [1.54, 1.807) is 53.2 Å². The van der Waals surface area contributed by atoms with Crippen LogP contribution in [0.15, 0.2) is 58.2 Å². The number of nitrogens with zero attached hydrogens (tertiary/aromatic N) is 5. The van der Waals surface area contributed by atoms with Crippen LogP contribution in [0.2, 0.25) is 0 Å². The van der Waals surface area contributed by atoms with Gasteiger partial charge in [-0.25, -0.2) is 8.42 Å². The van der Waals surface area contributed by atoms with Crippen molar-refractivity contribution in [2.45, 2.75) is 31.2 Å². The number of hydrogen-bond acceptors (Lipinski definition) is 7. The van der Waals surface area contributed by atoms with E-state index in [-0.39, 0.29) is 55.0 Å². The van der Waals surface area contributed by atoms with Gasteiger partial charge in [0.05, 0.1) is 11.4 Å². The third-order valence-electron chi connectivity index (χ3n) is 5.86. The molecule has 0 unspecified atom stereocenters. The van der Waals surface area contributed by atoms with Gasteiger partial charge < -0.3 is 14.7 Å². The summed E-state index contributed by atoms with van der Waals surface area (Å²) in [7, 11) is -3.77. The summed E-state index contributed by atoms with van der Waals surface area (Å²) in [6.07, 6.45) is 3.87. The first kappa shape index (κ1) is 24.6. The quantitative estimate of drug-likeness (QED) is 0.558. The minimum absolute atomic E-state index is 0.0382. The molecule has 4 rings (SSSR count). The van der Waals surface area contributed by atoms with Crippen LogP contribution in [0.3, 0.4) is 0 Å². The SMILES string of the molecule is Cc1onc(C(=O)N2CCCN(S(=O)(=O)c3ccccc3)CCC(=O)NCC2)c1Cn1cccn1. The summed E-state index contributed by atoms with van der Waals surface area (Å²) in [4.78, 5) is 27.5. The average Bonchev–Trinajstić information content (AvgIpc) is 3.49. The smallest absolute Gasteiger partial charge is 0.276 e.